The van der Waals surface area contributed by atoms with Crippen molar-refractivity contribution < 1.29 is 14.1 Å². The number of nitro groups is 1. The highest BCUT2D eigenvalue weighted by atomic mass is 35.5. The third-order valence-electron chi connectivity index (χ3n) is 2.68. The zero-order valence-electron chi connectivity index (χ0n) is 11.0. The number of hydrogen-bond acceptors (Lipinski definition) is 4. The van der Waals surface area contributed by atoms with Crippen LogP contribution in [-0.4, -0.2) is 17.0 Å². The molecule has 0 spiro atoms. The predicted molar refractivity (Wildman–Crippen MR) is 79.6 cm³/mol. The highest BCUT2D eigenvalue weighted by Crippen LogP contribution is 2.24. The molecule has 112 valence electrons. The van der Waals surface area contributed by atoms with Crippen molar-refractivity contribution in [2.45, 2.75) is 0 Å². The van der Waals surface area contributed by atoms with E-state index in [1.165, 1.54) is 30.3 Å². The van der Waals surface area contributed by atoms with Crippen LogP contribution in [-0.2, 0) is 0 Å². The van der Waals surface area contributed by atoms with Crippen molar-refractivity contribution in [2.75, 3.05) is 0 Å². The summed E-state index contributed by atoms with van der Waals surface area (Å²) in [6, 6.07) is 9.49. The van der Waals surface area contributed by atoms with Crippen LogP contribution in [0.5, 0.6) is 0 Å². The molecule has 0 heterocycles. The predicted octanol–water partition coefficient (Wildman–Crippen LogP) is 3.15. The SMILES string of the molecule is O=C(N/N=C\c1ccccc1F)c1ccc(Cl)c([N+](=O)[O-])c1. The second-order valence-corrected chi connectivity index (χ2v) is 4.55. The fourth-order valence-electron chi connectivity index (χ4n) is 1.60. The van der Waals surface area contributed by atoms with Gasteiger partial charge < -0.3 is 0 Å². The van der Waals surface area contributed by atoms with Crippen LogP contribution in [0.2, 0.25) is 5.02 Å². The summed E-state index contributed by atoms with van der Waals surface area (Å²) in [6.07, 6.45) is 1.14. The molecule has 0 saturated heterocycles. The Morgan fingerprint density at radius 2 is 2.05 bits per heavy atom. The smallest absolute Gasteiger partial charge is 0.267 e. The lowest BCUT2D eigenvalue weighted by Gasteiger charge is -2.01. The maximum atomic E-state index is 13.3. The molecule has 0 aliphatic heterocycles. The third-order valence-corrected chi connectivity index (χ3v) is 3.00. The zero-order valence-corrected chi connectivity index (χ0v) is 11.7. The Morgan fingerprint density at radius 3 is 2.73 bits per heavy atom. The quantitative estimate of drug-likeness (QED) is 0.533. The van der Waals surface area contributed by atoms with Gasteiger partial charge in [0, 0.05) is 17.2 Å². The topological polar surface area (TPSA) is 84.6 Å². The lowest BCUT2D eigenvalue weighted by Crippen LogP contribution is -2.17. The first-order valence-electron chi connectivity index (χ1n) is 6.01. The number of nitrogens with one attached hydrogen (secondary N) is 1. The number of hydrazone groups is 1. The molecule has 0 bridgehead atoms. The molecule has 2 aromatic rings. The Morgan fingerprint density at radius 1 is 1.32 bits per heavy atom. The van der Waals surface area contributed by atoms with E-state index in [4.69, 9.17) is 11.6 Å². The average Bonchev–Trinajstić information content (AvgIpc) is 2.49. The lowest BCUT2D eigenvalue weighted by atomic mass is 10.2. The largest absolute Gasteiger partial charge is 0.288 e. The summed E-state index contributed by atoms with van der Waals surface area (Å²) in [5, 5.41) is 14.3. The number of carbonyl (C=O) groups is 1. The molecule has 6 nitrogen and oxygen atoms in total. The first-order valence-corrected chi connectivity index (χ1v) is 6.38. The highest BCUT2D eigenvalue weighted by molar-refractivity contribution is 6.32. The summed E-state index contributed by atoms with van der Waals surface area (Å²) in [7, 11) is 0. The van der Waals surface area contributed by atoms with Gasteiger partial charge in [0.1, 0.15) is 10.8 Å². The van der Waals surface area contributed by atoms with E-state index >= 15 is 0 Å². The molecule has 0 aliphatic carbocycles. The lowest BCUT2D eigenvalue weighted by molar-refractivity contribution is -0.384. The standard InChI is InChI=1S/C14H9ClFN3O3/c15-11-6-5-9(7-13(11)19(21)22)14(20)18-17-8-10-3-1-2-4-12(10)16/h1-8H,(H,18,20)/b17-8-. The zero-order chi connectivity index (χ0) is 16.1. The molecule has 0 aliphatic rings. The monoisotopic (exact) mass is 321 g/mol. The van der Waals surface area contributed by atoms with Crippen molar-refractivity contribution >= 4 is 29.4 Å². The molecule has 0 saturated carbocycles. The van der Waals surface area contributed by atoms with Crippen LogP contribution in [0.15, 0.2) is 47.6 Å². The fraction of sp³-hybridized carbons (Fsp3) is 0. The Balaban J connectivity index is 2.12. The highest BCUT2D eigenvalue weighted by Gasteiger charge is 2.15. The average molecular weight is 322 g/mol. The molecule has 0 fully saturated rings. The van der Waals surface area contributed by atoms with Gasteiger partial charge in [-0.15, -0.1) is 0 Å². The maximum absolute atomic E-state index is 13.3. The minimum atomic E-state index is -0.693. The molecule has 0 radical (unpaired) electrons. The van der Waals surface area contributed by atoms with Crippen molar-refractivity contribution in [3.05, 3.63) is 74.5 Å². The van der Waals surface area contributed by atoms with E-state index in [1.54, 1.807) is 6.07 Å². The summed E-state index contributed by atoms with van der Waals surface area (Å²) in [5.41, 5.74) is 1.99. The van der Waals surface area contributed by atoms with Crippen molar-refractivity contribution in [1.82, 2.24) is 5.43 Å². The molecule has 2 rings (SSSR count). The number of nitro benzene ring substituents is 1. The Bertz CT molecular complexity index is 765. The van der Waals surface area contributed by atoms with Gasteiger partial charge >= 0.3 is 0 Å². The van der Waals surface area contributed by atoms with Crippen LogP contribution >= 0.6 is 11.6 Å². The van der Waals surface area contributed by atoms with Gasteiger partial charge in [-0.05, 0) is 18.2 Å². The van der Waals surface area contributed by atoms with Gasteiger partial charge in [-0.2, -0.15) is 5.10 Å². The summed E-state index contributed by atoms with van der Waals surface area (Å²) in [4.78, 5) is 21.9. The van der Waals surface area contributed by atoms with E-state index < -0.39 is 16.6 Å². The minimum Gasteiger partial charge on any atom is -0.267 e. The van der Waals surface area contributed by atoms with E-state index in [-0.39, 0.29) is 21.8 Å². The van der Waals surface area contributed by atoms with Gasteiger partial charge in [-0.1, -0.05) is 29.8 Å². The number of nitrogens with zero attached hydrogens (tertiary/aromatic N) is 2. The first kappa shape index (κ1) is 15.6. The molecule has 0 atom stereocenters. The fourth-order valence-corrected chi connectivity index (χ4v) is 1.79. The summed E-state index contributed by atoms with van der Waals surface area (Å²) >= 11 is 5.65. The van der Waals surface area contributed by atoms with E-state index in [0.717, 1.165) is 12.3 Å². The molecule has 1 N–H and O–H groups in total. The number of halogens is 2. The van der Waals surface area contributed by atoms with E-state index in [9.17, 15) is 19.3 Å². The summed E-state index contributed by atoms with van der Waals surface area (Å²) in [6.45, 7) is 0. The third kappa shape index (κ3) is 3.64. The molecule has 1 amide bonds. The van der Waals surface area contributed by atoms with Crippen molar-refractivity contribution in [3.63, 3.8) is 0 Å². The first-order chi connectivity index (χ1) is 10.5. The van der Waals surface area contributed by atoms with Gasteiger partial charge in [0.2, 0.25) is 0 Å². The van der Waals surface area contributed by atoms with Crippen LogP contribution in [0.1, 0.15) is 15.9 Å². The van der Waals surface area contributed by atoms with Crippen LogP contribution < -0.4 is 5.43 Å². The normalized spacial score (nSPS) is 10.6. The number of carbonyl (C=O) groups excluding carboxylic acids is 1. The molecule has 2 aromatic carbocycles. The van der Waals surface area contributed by atoms with Crippen molar-refractivity contribution in [1.29, 1.82) is 0 Å². The number of rotatable bonds is 4. The Hall–Kier alpha value is -2.80. The molecule has 0 aromatic heterocycles. The maximum Gasteiger partial charge on any atom is 0.288 e. The number of amides is 1. The molecule has 22 heavy (non-hydrogen) atoms. The summed E-state index contributed by atoms with van der Waals surface area (Å²) in [5.74, 6) is -1.16. The van der Waals surface area contributed by atoms with Crippen molar-refractivity contribution in [2.24, 2.45) is 5.10 Å². The minimum absolute atomic E-state index is 0.0155. The number of hydrogen-bond donors (Lipinski definition) is 1. The second-order valence-electron chi connectivity index (χ2n) is 4.14. The van der Waals surface area contributed by atoms with E-state index in [0.29, 0.717) is 0 Å². The summed E-state index contributed by atoms with van der Waals surface area (Å²) < 4.78 is 13.3. The second kappa shape index (κ2) is 6.77. The Labute approximate surface area is 129 Å². The Kier molecular flexibility index (Phi) is 4.80. The van der Waals surface area contributed by atoms with Gasteiger partial charge in [0.25, 0.3) is 11.6 Å². The van der Waals surface area contributed by atoms with Gasteiger partial charge in [-0.3, -0.25) is 14.9 Å². The van der Waals surface area contributed by atoms with Crippen LogP contribution in [0, 0.1) is 15.9 Å². The van der Waals surface area contributed by atoms with Crippen LogP contribution in [0.4, 0.5) is 10.1 Å². The molecule has 8 heteroatoms. The molecular formula is C14H9ClFN3O3. The van der Waals surface area contributed by atoms with Gasteiger partial charge in [-0.25, -0.2) is 9.82 Å². The van der Waals surface area contributed by atoms with Gasteiger partial charge in [0.05, 0.1) is 11.1 Å². The van der Waals surface area contributed by atoms with E-state index in [2.05, 4.69) is 10.5 Å². The van der Waals surface area contributed by atoms with E-state index in [1.807, 2.05) is 0 Å². The molecule has 0 unspecified atom stereocenters. The number of benzene rings is 2. The molecular weight excluding hydrogens is 313 g/mol. The van der Waals surface area contributed by atoms with Gasteiger partial charge in [0.15, 0.2) is 0 Å². The van der Waals surface area contributed by atoms with Crippen LogP contribution in [0.25, 0.3) is 0 Å². The van der Waals surface area contributed by atoms with Crippen molar-refractivity contribution in [3.8, 4) is 0 Å². The van der Waals surface area contributed by atoms with Crippen LogP contribution in [0.3, 0.4) is 0 Å².